The first-order valence-corrected chi connectivity index (χ1v) is 9.20. The van der Waals surface area contributed by atoms with Gasteiger partial charge in [0.05, 0.1) is 37.1 Å². The molecule has 11 nitrogen and oxygen atoms in total. The third kappa shape index (κ3) is 3.82. The largest absolute Gasteiger partial charge is 0.494 e. The number of carboxylic acid groups (broad SMARTS) is 1. The number of halogens is 1. The van der Waals surface area contributed by atoms with Crippen LogP contribution in [0.3, 0.4) is 0 Å². The Labute approximate surface area is 185 Å². The minimum absolute atomic E-state index is 0.0323. The molecule has 1 aliphatic heterocycles. The molecule has 3 N–H and O–H groups in total. The Bertz CT molecular complexity index is 1260. The van der Waals surface area contributed by atoms with Crippen LogP contribution >= 0.6 is 11.6 Å². The van der Waals surface area contributed by atoms with Gasteiger partial charge in [-0.3, -0.25) is 9.69 Å². The summed E-state index contributed by atoms with van der Waals surface area (Å²) in [5.74, 6) is -0.0186. The molecule has 2 amide bonds. The van der Waals surface area contributed by atoms with Crippen molar-refractivity contribution < 1.29 is 28.0 Å². The summed E-state index contributed by atoms with van der Waals surface area (Å²) in [6.45, 7) is -2.53. The van der Waals surface area contributed by atoms with Gasteiger partial charge in [-0.25, -0.2) is 9.78 Å². The predicted octanol–water partition coefficient (Wildman–Crippen LogP) is 2.89. The molecule has 0 unspecified atom stereocenters. The van der Waals surface area contributed by atoms with E-state index < -0.39 is 19.0 Å². The third-order valence-electron chi connectivity index (χ3n) is 4.54. The van der Waals surface area contributed by atoms with Gasteiger partial charge in [-0.15, -0.1) is 10.2 Å². The molecule has 4 rings (SSSR count). The SMILES string of the molecule is [2H]C([2H])([2H])NC(=O)c1nnc(Cl)cc1Nc1cccc(-c2nc3c(o2)CN(C(=O)O)C3)c1OC. The van der Waals surface area contributed by atoms with Crippen LogP contribution in [0.25, 0.3) is 11.5 Å². The molecule has 1 aliphatic rings. The van der Waals surface area contributed by atoms with Crippen molar-refractivity contribution in [1.82, 2.24) is 25.4 Å². The highest BCUT2D eigenvalue weighted by atomic mass is 35.5. The van der Waals surface area contributed by atoms with E-state index in [-0.39, 0.29) is 35.5 Å². The normalized spacial score (nSPS) is 14.3. The molecule has 0 bridgehead atoms. The number of oxazole rings is 1. The summed E-state index contributed by atoms with van der Waals surface area (Å²) in [6, 6.07) is 6.33. The van der Waals surface area contributed by atoms with Gasteiger partial charge in [0.25, 0.3) is 5.91 Å². The van der Waals surface area contributed by atoms with Gasteiger partial charge in [-0.05, 0) is 12.1 Å². The van der Waals surface area contributed by atoms with Crippen LogP contribution < -0.4 is 15.4 Å². The summed E-state index contributed by atoms with van der Waals surface area (Å²) in [5.41, 5.74) is 1.13. The minimum atomic E-state index is -2.73. The van der Waals surface area contributed by atoms with E-state index in [9.17, 15) is 9.59 Å². The van der Waals surface area contributed by atoms with Crippen molar-refractivity contribution in [2.24, 2.45) is 0 Å². The Morgan fingerprint density at radius 2 is 2.16 bits per heavy atom. The molecule has 12 heteroatoms. The van der Waals surface area contributed by atoms with E-state index in [1.54, 1.807) is 18.2 Å². The first-order chi connectivity index (χ1) is 16.1. The Hall–Kier alpha value is -3.86. The van der Waals surface area contributed by atoms with Gasteiger partial charge in [-0.1, -0.05) is 17.7 Å². The zero-order chi connectivity index (χ0) is 24.6. The Morgan fingerprint density at radius 1 is 1.32 bits per heavy atom. The maximum Gasteiger partial charge on any atom is 0.408 e. The molecule has 0 spiro atoms. The van der Waals surface area contributed by atoms with Crippen molar-refractivity contribution in [3.63, 3.8) is 0 Å². The number of para-hydroxylation sites is 1. The lowest BCUT2D eigenvalue weighted by Crippen LogP contribution is -2.23. The number of carbonyl (C=O) groups excluding carboxylic acids is 1. The Morgan fingerprint density at radius 3 is 2.87 bits per heavy atom. The van der Waals surface area contributed by atoms with Crippen LogP contribution in [0.15, 0.2) is 28.7 Å². The van der Waals surface area contributed by atoms with Gasteiger partial charge >= 0.3 is 6.09 Å². The third-order valence-corrected chi connectivity index (χ3v) is 4.72. The summed E-state index contributed by atoms with van der Waals surface area (Å²) in [5, 5.41) is 21.3. The Kier molecular flexibility index (Phi) is 4.42. The summed E-state index contributed by atoms with van der Waals surface area (Å²) in [6.07, 6.45) is -1.07. The molecule has 0 fully saturated rings. The van der Waals surface area contributed by atoms with Crippen molar-refractivity contribution in [3.8, 4) is 17.2 Å². The fourth-order valence-corrected chi connectivity index (χ4v) is 3.30. The molecule has 0 atom stereocenters. The number of benzene rings is 1. The highest BCUT2D eigenvalue weighted by molar-refractivity contribution is 6.29. The fraction of sp³-hybridized carbons (Fsp3) is 0.211. The molecule has 0 saturated heterocycles. The van der Waals surface area contributed by atoms with Crippen molar-refractivity contribution in [2.75, 3.05) is 19.4 Å². The smallest absolute Gasteiger partial charge is 0.408 e. The number of nitrogens with zero attached hydrogens (tertiary/aromatic N) is 4. The highest BCUT2D eigenvalue weighted by Crippen LogP contribution is 2.39. The molecule has 3 aromatic rings. The predicted molar refractivity (Wildman–Crippen MR) is 109 cm³/mol. The number of aromatic nitrogens is 3. The molecule has 31 heavy (non-hydrogen) atoms. The maximum atomic E-state index is 12.4. The van der Waals surface area contributed by atoms with Crippen LogP contribution in [0.5, 0.6) is 5.75 Å². The first kappa shape index (κ1) is 16.9. The molecule has 3 heterocycles. The lowest BCUT2D eigenvalue weighted by Gasteiger charge is -2.15. The molecular formula is C19H17ClN6O5. The number of hydrogen-bond acceptors (Lipinski definition) is 8. The van der Waals surface area contributed by atoms with Gasteiger partial charge in [0.15, 0.2) is 16.6 Å². The summed E-state index contributed by atoms with van der Waals surface area (Å²) in [7, 11) is 1.42. The summed E-state index contributed by atoms with van der Waals surface area (Å²) in [4.78, 5) is 29.2. The van der Waals surface area contributed by atoms with Gasteiger partial charge in [-0.2, -0.15) is 0 Å². The van der Waals surface area contributed by atoms with Crippen LogP contribution in [-0.2, 0) is 13.1 Å². The van der Waals surface area contributed by atoms with Crippen molar-refractivity contribution in [1.29, 1.82) is 0 Å². The molecule has 0 radical (unpaired) electrons. The van der Waals surface area contributed by atoms with E-state index in [2.05, 4.69) is 20.5 Å². The molecule has 0 saturated carbocycles. The van der Waals surface area contributed by atoms with Gasteiger partial charge in [0.2, 0.25) is 5.89 Å². The lowest BCUT2D eigenvalue weighted by molar-refractivity contribution is 0.0958. The molecular weight excluding hydrogens is 428 g/mol. The molecule has 160 valence electrons. The fourth-order valence-electron chi connectivity index (χ4n) is 3.15. The van der Waals surface area contributed by atoms with E-state index in [0.29, 0.717) is 28.5 Å². The number of methoxy groups -OCH3 is 1. The van der Waals surface area contributed by atoms with E-state index in [1.807, 2.05) is 5.32 Å². The van der Waals surface area contributed by atoms with Crippen LogP contribution in [0.2, 0.25) is 5.15 Å². The second-order valence-corrected chi connectivity index (χ2v) is 6.81. The number of fused-ring (bicyclic) bond motifs is 1. The average molecular weight is 448 g/mol. The van der Waals surface area contributed by atoms with Gasteiger partial charge in [0.1, 0.15) is 11.5 Å². The minimum Gasteiger partial charge on any atom is -0.494 e. The molecule has 2 aromatic heterocycles. The quantitative estimate of drug-likeness (QED) is 0.537. The number of nitrogens with one attached hydrogen (secondary N) is 2. The number of anilines is 2. The van der Waals surface area contributed by atoms with Crippen molar-refractivity contribution >= 4 is 35.0 Å². The number of ether oxygens (including phenoxy) is 1. The zero-order valence-electron chi connectivity index (χ0n) is 19.0. The van der Waals surface area contributed by atoms with E-state index in [0.717, 1.165) is 0 Å². The van der Waals surface area contributed by atoms with E-state index >= 15 is 0 Å². The second kappa shape index (κ2) is 8.11. The lowest BCUT2D eigenvalue weighted by atomic mass is 10.1. The maximum absolute atomic E-state index is 12.4. The van der Waals surface area contributed by atoms with E-state index in [1.165, 1.54) is 18.1 Å². The summed E-state index contributed by atoms with van der Waals surface area (Å²) < 4.78 is 33.1. The van der Waals surface area contributed by atoms with E-state index in [4.69, 9.17) is 30.0 Å². The van der Waals surface area contributed by atoms with Crippen LogP contribution in [0, 0.1) is 0 Å². The number of carbonyl (C=O) groups is 2. The van der Waals surface area contributed by atoms with Crippen LogP contribution in [0.1, 0.15) is 26.1 Å². The Balaban J connectivity index is 1.68. The number of amides is 2. The first-order valence-electron chi connectivity index (χ1n) is 10.3. The number of hydrogen-bond donors (Lipinski definition) is 3. The standard InChI is InChI=1S/C19H17ClN6O5/c1-21-17(27)15-11(6-14(20)24-25-15)22-10-5-3-4-9(16(10)30-2)18-23-12-7-26(19(28)29)8-13(12)31-18/h3-6H,7-8H2,1-2H3,(H,21,27)(H,22,24)(H,28,29)/i1D3. The van der Waals surface area contributed by atoms with Crippen LogP contribution in [0.4, 0.5) is 16.2 Å². The highest BCUT2D eigenvalue weighted by Gasteiger charge is 2.30. The van der Waals surface area contributed by atoms with Gasteiger partial charge < -0.3 is 24.9 Å². The zero-order valence-corrected chi connectivity index (χ0v) is 16.7. The summed E-state index contributed by atoms with van der Waals surface area (Å²) >= 11 is 5.94. The van der Waals surface area contributed by atoms with Crippen molar-refractivity contribution in [2.45, 2.75) is 13.1 Å². The van der Waals surface area contributed by atoms with Crippen molar-refractivity contribution in [3.05, 3.63) is 46.6 Å². The molecule has 0 aliphatic carbocycles. The average Bonchev–Trinajstić information content (AvgIpc) is 3.32. The monoisotopic (exact) mass is 447 g/mol. The van der Waals surface area contributed by atoms with Gasteiger partial charge in [0, 0.05) is 17.2 Å². The second-order valence-electron chi connectivity index (χ2n) is 6.42. The topological polar surface area (TPSA) is 143 Å². The molecule has 1 aromatic carbocycles. The number of rotatable bonds is 5. The van der Waals surface area contributed by atoms with Crippen LogP contribution in [-0.4, -0.2) is 51.3 Å².